The van der Waals surface area contributed by atoms with Crippen LogP contribution in [0.2, 0.25) is 0 Å². The van der Waals surface area contributed by atoms with Crippen LogP contribution in [0.15, 0.2) is 35.4 Å². The van der Waals surface area contributed by atoms with E-state index in [4.69, 9.17) is 10.5 Å². The number of nitrogen functional groups attached to an aromatic ring is 1. The van der Waals surface area contributed by atoms with Crippen LogP contribution < -0.4 is 21.3 Å². The standard InChI is InChI=1S/C22H25F3N6O2/c1-12(13-6-14(22(23,24)25)8-15(26)7-13)29-19-17-9-18(33-16-4-5-30(2)10-16)21(32)31(3)20(17)28-11-27-19/h6-9,11-12,16H,4-5,10,26H2,1-3H3,(H,27,28,29)/t12-,16-/m1/s1. The van der Waals surface area contributed by atoms with Crippen molar-refractivity contribution in [3.05, 3.63) is 52.1 Å². The minimum atomic E-state index is -4.51. The highest BCUT2D eigenvalue weighted by atomic mass is 19.4. The Labute approximate surface area is 188 Å². The van der Waals surface area contributed by atoms with E-state index in [1.807, 2.05) is 7.05 Å². The highest BCUT2D eigenvalue weighted by Crippen LogP contribution is 2.34. The van der Waals surface area contributed by atoms with Gasteiger partial charge in [-0.05, 0) is 44.2 Å². The molecule has 2 atom stereocenters. The fourth-order valence-corrected chi connectivity index (χ4v) is 3.99. The highest BCUT2D eigenvalue weighted by Gasteiger charge is 2.31. The largest absolute Gasteiger partial charge is 0.483 e. The number of aromatic nitrogens is 3. The van der Waals surface area contributed by atoms with E-state index in [-0.39, 0.29) is 23.1 Å². The molecule has 0 amide bonds. The second-order valence-electron chi connectivity index (χ2n) is 8.38. The van der Waals surface area contributed by atoms with Crippen LogP contribution in [0.3, 0.4) is 0 Å². The third-order valence-corrected chi connectivity index (χ3v) is 5.77. The monoisotopic (exact) mass is 462 g/mol. The van der Waals surface area contributed by atoms with Crippen molar-refractivity contribution < 1.29 is 17.9 Å². The lowest BCUT2D eigenvalue weighted by Gasteiger charge is -2.19. The Bertz CT molecular complexity index is 1240. The first-order chi connectivity index (χ1) is 15.5. The summed E-state index contributed by atoms with van der Waals surface area (Å²) in [5.41, 5.74) is 5.31. The Kier molecular flexibility index (Phi) is 5.91. The van der Waals surface area contributed by atoms with Gasteiger partial charge in [0, 0.05) is 31.9 Å². The number of benzene rings is 1. The summed E-state index contributed by atoms with van der Waals surface area (Å²) in [5.74, 6) is 0.548. The number of alkyl halides is 3. The maximum absolute atomic E-state index is 13.2. The first kappa shape index (κ1) is 22.8. The minimum absolute atomic E-state index is 0.0145. The molecule has 0 aliphatic carbocycles. The lowest BCUT2D eigenvalue weighted by molar-refractivity contribution is -0.137. The van der Waals surface area contributed by atoms with Gasteiger partial charge in [0.05, 0.1) is 17.0 Å². The van der Waals surface area contributed by atoms with Crippen molar-refractivity contribution in [2.75, 3.05) is 31.2 Å². The molecule has 3 aromatic rings. The second kappa shape index (κ2) is 8.54. The molecule has 0 saturated carbocycles. The number of nitrogens with two attached hydrogens (primary N) is 1. The number of hydrogen-bond acceptors (Lipinski definition) is 7. The van der Waals surface area contributed by atoms with E-state index in [0.29, 0.717) is 29.0 Å². The van der Waals surface area contributed by atoms with E-state index in [9.17, 15) is 18.0 Å². The summed E-state index contributed by atoms with van der Waals surface area (Å²) < 4.78 is 47.0. The summed E-state index contributed by atoms with van der Waals surface area (Å²) >= 11 is 0. The molecule has 3 heterocycles. The Morgan fingerprint density at radius 2 is 1.97 bits per heavy atom. The van der Waals surface area contributed by atoms with Crippen LogP contribution in [-0.4, -0.2) is 45.7 Å². The number of pyridine rings is 1. The van der Waals surface area contributed by atoms with E-state index >= 15 is 0 Å². The fourth-order valence-electron chi connectivity index (χ4n) is 3.99. The summed E-state index contributed by atoms with van der Waals surface area (Å²) in [6, 6.07) is 4.47. The van der Waals surface area contributed by atoms with Crippen LogP contribution in [-0.2, 0) is 13.2 Å². The maximum Gasteiger partial charge on any atom is 0.416 e. The van der Waals surface area contributed by atoms with E-state index in [0.717, 1.165) is 25.1 Å². The Hall–Kier alpha value is -3.34. The molecule has 1 fully saturated rings. The zero-order valence-corrected chi connectivity index (χ0v) is 18.5. The summed E-state index contributed by atoms with van der Waals surface area (Å²) in [5, 5.41) is 3.65. The van der Waals surface area contributed by atoms with Crippen molar-refractivity contribution in [2.24, 2.45) is 7.05 Å². The third kappa shape index (κ3) is 4.72. The Morgan fingerprint density at radius 1 is 1.21 bits per heavy atom. The number of ether oxygens (including phenoxy) is 1. The normalized spacial score (nSPS) is 17.9. The number of likely N-dealkylation sites (N-methyl/N-ethyl adjacent to an activating group) is 1. The number of nitrogens with zero attached hydrogens (tertiary/aromatic N) is 4. The number of nitrogens with one attached hydrogen (secondary N) is 1. The molecule has 0 bridgehead atoms. The first-order valence-electron chi connectivity index (χ1n) is 10.5. The van der Waals surface area contributed by atoms with Gasteiger partial charge >= 0.3 is 6.18 Å². The average molecular weight is 462 g/mol. The van der Waals surface area contributed by atoms with Gasteiger partial charge in [-0.3, -0.25) is 9.36 Å². The molecule has 33 heavy (non-hydrogen) atoms. The lowest BCUT2D eigenvalue weighted by atomic mass is 10.0. The SMILES string of the molecule is C[C@@H](Nc1ncnc2c1cc(O[C@@H]1CCN(C)C1)c(=O)n2C)c1cc(N)cc(C(F)(F)F)c1. The third-order valence-electron chi connectivity index (χ3n) is 5.77. The van der Waals surface area contributed by atoms with Gasteiger partial charge in [0.15, 0.2) is 5.75 Å². The quantitative estimate of drug-likeness (QED) is 0.562. The molecule has 11 heteroatoms. The molecule has 2 aromatic heterocycles. The average Bonchev–Trinajstić information content (AvgIpc) is 3.16. The number of halogens is 3. The molecule has 0 radical (unpaired) electrons. The summed E-state index contributed by atoms with van der Waals surface area (Å²) in [6.07, 6.45) is -2.51. The van der Waals surface area contributed by atoms with Crippen molar-refractivity contribution >= 4 is 22.5 Å². The Balaban J connectivity index is 1.69. The van der Waals surface area contributed by atoms with Crippen LogP contribution in [0.5, 0.6) is 5.75 Å². The van der Waals surface area contributed by atoms with Crippen LogP contribution in [0, 0.1) is 0 Å². The van der Waals surface area contributed by atoms with Crippen molar-refractivity contribution in [1.29, 1.82) is 0 Å². The zero-order valence-electron chi connectivity index (χ0n) is 18.5. The minimum Gasteiger partial charge on any atom is -0.483 e. The number of fused-ring (bicyclic) bond motifs is 1. The van der Waals surface area contributed by atoms with Crippen molar-refractivity contribution in [2.45, 2.75) is 31.7 Å². The molecular formula is C22H25F3N6O2. The summed E-state index contributed by atoms with van der Waals surface area (Å²) in [6.45, 7) is 3.30. The number of anilines is 2. The van der Waals surface area contributed by atoms with Gasteiger partial charge in [-0.25, -0.2) is 9.97 Å². The number of rotatable bonds is 5. The molecule has 0 spiro atoms. The van der Waals surface area contributed by atoms with Crippen molar-refractivity contribution in [1.82, 2.24) is 19.4 Å². The van der Waals surface area contributed by atoms with Crippen LogP contribution >= 0.6 is 0 Å². The van der Waals surface area contributed by atoms with E-state index in [1.165, 1.54) is 17.0 Å². The number of hydrogen-bond donors (Lipinski definition) is 2. The van der Waals surface area contributed by atoms with Gasteiger partial charge in [-0.2, -0.15) is 13.2 Å². The van der Waals surface area contributed by atoms with Gasteiger partial charge < -0.3 is 20.7 Å². The molecule has 8 nitrogen and oxygen atoms in total. The summed E-state index contributed by atoms with van der Waals surface area (Å²) in [7, 11) is 3.58. The van der Waals surface area contributed by atoms with Crippen LogP contribution in [0.1, 0.15) is 30.5 Å². The molecule has 0 unspecified atom stereocenters. The molecule has 1 saturated heterocycles. The van der Waals surface area contributed by atoms with Gasteiger partial charge in [-0.15, -0.1) is 0 Å². The van der Waals surface area contributed by atoms with Gasteiger partial charge in [-0.1, -0.05) is 0 Å². The fraction of sp³-hybridized carbons (Fsp3) is 0.409. The van der Waals surface area contributed by atoms with E-state index in [2.05, 4.69) is 20.2 Å². The van der Waals surface area contributed by atoms with Gasteiger partial charge in [0.2, 0.25) is 0 Å². The van der Waals surface area contributed by atoms with E-state index < -0.39 is 17.8 Å². The highest BCUT2D eigenvalue weighted by molar-refractivity contribution is 5.87. The molecule has 1 aromatic carbocycles. The van der Waals surface area contributed by atoms with Gasteiger partial charge in [0.25, 0.3) is 5.56 Å². The maximum atomic E-state index is 13.2. The number of aryl methyl sites for hydroxylation is 1. The predicted molar refractivity (Wildman–Crippen MR) is 119 cm³/mol. The summed E-state index contributed by atoms with van der Waals surface area (Å²) in [4.78, 5) is 23.4. The van der Waals surface area contributed by atoms with Crippen LogP contribution in [0.25, 0.3) is 11.0 Å². The molecule has 1 aliphatic heterocycles. The number of likely N-dealkylation sites (tertiary alicyclic amines) is 1. The topological polar surface area (TPSA) is 98.3 Å². The van der Waals surface area contributed by atoms with E-state index in [1.54, 1.807) is 20.0 Å². The van der Waals surface area contributed by atoms with Crippen molar-refractivity contribution in [3.8, 4) is 5.75 Å². The Morgan fingerprint density at radius 3 is 2.64 bits per heavy atom. The zero-order chi connectivity index (χ0) is 23.9. The smallest absolute Gasteiger partial charge is 0.416 e. The predicted octanol–water partition coefficient (Wildman–Crippen LogP) is 3.19. The molecular weight excluding hydrogens is 437 g/mol. The first-order valence-corrected chi connectivity index (χ1v) is 10.5. The molecule has 1 aliphatic rings. The molecule has 3 N–H and O–H groups in total. The lowest BCUT2D eigenvalue weighted by Crippen LogP contribution is -2.27. The van der Waals surface area contributed by atoms with Gasteiger partial charge in [0.1, 0.15) is 23.9 Å². The van der Waals surface area contributed by atoms with Crippen LogP contribution in [0.4, 0.5) is 24.7 Å². The second-order valence-corrected chi connectivity index (χ2v) is 8.38. The molecule has 4 rings (SSSR count). The van der Waals surface area contributed by atoms with Crippen molar-refractivity contribution in [3.63, 3.8) is 0 Å². The molecule has 176 valence electrons.